The third-order valence-corrected chi connectivity index (χ3v) is 3.49. The van der Waals surface area contributed by atoms with E-state index in [4.69, 9.17) is 0 Å². The molecule has 1 aromatic carbocycles. The molecule has 0 aliphatic carbocycles. The maximum absolute atomic E-state index is 11.7. The van der Waals surface area contributed by atoms with Gasteiger partial charge in [0.1, 0.15) is 5.69 Å². The number of H-pyrrole nitrogens is 1. The standard InChI is InChI=1S/C13H13BrN4O2/c1-8-6-9(2-3-10(8)14)17-12(19)7-15-13(20)11-4-5-16-18-11/h2-6H,7H2,1H3,(H,15,20)(H,16,18)(H,17,19). The maximum atomic E-state index is 11.7. The van der Waals surface area contributed by atoms with Crippen molar-refractivity contribution in [2.75, 3.05) is 11.9 Å². The molecule has 0 atom stereocenters. The molecule has 6 nitrogen and oxygen atoms in total. The van der Waals surface area contributed by atoms with Gasteiger partial charge in [-0.1, -0.05) is 15.9 Å². The van der Waals surface area contributed by atoms with Crippen molar-refractivity contribution >= 4 is 33.4 Å². The second kappa shape index (κ2) is 6.33. The molecule has 0 unspecified atom stereocenters. The SMILES string of the molecule is Cc1cc(NC(=O)CNC(=O)c2ccn[nH]2)ccc1Br. The second-order valence-electron chi connectivity index (χ2n) is 4.17. The first kappa shape index (κ1) is 14.3. The number of nitrogens with one attached hydrogen (secondary N) is 3. The van der Waals surface area contributed by atoms with Crippen molar-refractivity contribution in [2.24, 2.45) is 0 Å². The number of hydrogen-bond acceptors (Lipinski definition) is 3. The molecule has 0 spiro atoms. The van der Waals surface area contributed by atoms with Gasteiger partial charge in [-0.15, -0.1) is 0 Å². The molecule has 0 aliphatic rings. The average Bonchev–Trinajstić information content (AvgIpc) is 2.94. The lowest BCUT2D eigenvalue weighted by atomic mass is 10.2. The van der Waals surface area contributed by atoms with Gasteiger partial charge in [-0.05, 0) is 36.8 Å². The molecule has 1 heterocycles. The van der Waals surface area contributed by atoms with Gasteiger partial charge < -0.3 is 10.6 Å². The zero-order valence-electron chi connectivity index (χ0n) is 10.7. The van der Waals surface area contributed by atoms with Crippen LogP contribution in [0.15, 0.2) is 34.9 Å². The van der Waals surface area contributed by atoms with E-state index < -0.39 is 0 Å². The fourth-order valence-electron chi connectivity index (χ4n) is 1.57. The highest BCUT2D eigenvalue weighted by atomic mass is 79.9. The van der Waals surface area contributed by atoms with Gasteiger partial charge in [0.15, 0.2) is 0 Å². The molecule has 2 rings (SSSR count). The van der Waals surface area contributed by atoms with E-state index in [9.17, 15) is 9.59 Å². The summed E-state index contributed by atoms with van der Waals surface area (Å²) in [5.74, 6) is -0.663. The topological polar surface area (TPSA) is 86.9 Å². The highest BCUT2D eigenvalue weighted by molar-refractivity contribution is 9.10. The lowest BCUT2D eigenvalue weighted by Crippen LogP contribution is -2.33. The number of amides is 2. The van der Waals surface area contributed by atoms with Gasteiger partial charge in [-0.2, -0.15) is 5.10 Å². The molecule has 0 fully saturated rings. The molecular weight excluding hydrogens is 324 g/mol. The monoisotopic (exact) mass is 336 g/mol. The van der Waals surface area contributed by atoms with Gasteiger partial charge in [-0.25, -0.2) is 0 Å². The molecule has 0 radical (unpaired) electrons. The lowest BCUT2D eigenvalue weighted by Gasteiger charge is -2.07. The highest BCUT2D eigenvalue weighted by Gasteiger charge is 2.09. The third kappa shape index (κ3) is 3.67. The Morgan fingerprint density at radius 1 is 1.35 bits per heavy atom. The van der Waals surface area contributed by atoms with E-state index in [1.54, 1.807) is 6.07 Å². The summed E-state index contributed by atoms with van der Waals surface area (Å²) in [5.41, 5.74) is 2.02. The smallest absolute Gasteiger partial charge is 0.269 e. The number of nitrogens with zero attached hydrogens (tertiary/aromatic N) is 1. The minimum Gasteiger partial charge on any atom is -0.342 e. The van der Waals surface area contributed by atoms with Crippen molar-refractivity contribution in [1.29, 1.82) is 0 Å². The number of halogens is 1. The molecule has 0 saturated heterocycles. The van der Waals surface area contributed by atoms with Crippen molar-refractivity contribution in [3.63, 3.8) is 0 Å². The minimum absolute atomic E-state index is 0.104. The Balaban J connectivity index is 1.86. The van der Waals surface area contributed by atoms with Crippen molar-refractivity contribution in [3.05, 3.63) is 46.2 Å². The van der Waals surface area contributed by atoms with E-state index >= 15 is 0 Å². The fraction of sp³-hybridized carbons (Fsp3) is 0.154. The quantitative estimate of drug-likeness (QED) is 0.796. The van der Waals surface area contributed by atoms with Crippen LogP contribution in [0.5, 0.6) is 0 Å². The fourth-order valence-corrected chi connectivity index (χ4v) is 1.81. The number of carbonyl (C=O) groups is 2. The first-order chi connectivity index (χ1) is 9.56. The van der Waals surface area contributed by atoms with Crippen LogP contribution < -0.4 is 10.6 Å². The van der Waals surface area contributed by atoms with Crippen LogP contribution in [0.3, 0.4) is 0 Å². The number of aromatic nitrogens is 2. The molecule has 2 amide bonds. The van der Waals surface area contributed by atoms with Gasteiger partial charge >= 0.3 is 0 Å². The molecule has 20 heavy (non-hydrogen) atoms. The normalized spacial score (nSPS) is 10.1. The molecule has 2 aromatic rings. The Morgan fingerprint density at radius 3 is 2.80 bits per heavy atom. The van der Waals surface area contributed by atoms with E-state index in [-0.39, 0.29) is 18.4 Å². The zero-order valence-corrected chi connectivity index (χ0v) is 12.3. The number of hydrogen-bond donors (Lipinski definition) is 3. The Morgan fingerprint density at radius 2 is 2.15 bits per heavy atom. The van der Waals surface area contributed by atoms with Crippen LogP contribution in [-0.4, -0.2) is 28.6 Å². The first-order valence-electron chi connectivity index (χ1n) is 5.90. The first-order valence-corrected chi connectivity index (χ1v) is 6.69. The summed E-state index contributed by atoms with van der Waals surface area (Å²) in [7, 11) is 0. The van der Waals surface area contributed by atoms with Crippen molar-refractivity contribution in [1.82, 2.24) is 15.5 Å². The third-order valence-electron chi connectivity index (χ3n) is 2.60. The van der Waals surface area contributed by atoms with Gasteiger partial charge in [0.25, 0.3) is 5.91 Å². The van der Waals surface area contributed by atoms with Crippen LogP contribution in [0, 0.1) is 6.92 Å². The Kier molecular flexibility index (Phi) is 4.52. The van der Waals surface area contributed by atoms with Crippen LogP contribution in [-0.2, 0) is 4.79 Å². The molecule has 0 saturated carbocycles. The van der Waals surface area contributed by atoms with Crippen molar-refractivity contribution in [2.45, 2.75) is 6.92 Å². The van der Waals surface area contributed by atoms with Crippen LogP contribution in [0.4, 0.5) is 5.69 Å². The van der Waals surface area contributed by atoms with Crippen LogP contribution in [0.25, 0.3) is 0 Å². The molecule has 1 aromatic heterocycles. The number of aryl methyl sites for hydroxylation is 1. The van der Waals surface area contributed by atoms with Gasteiger partial charge in [-0.3, -0.25) is 14.7 Å². The van der Waals surface area contributed by atoms with Crippen LogP contribution in [0.2, 0.25) is 0 Å². The second-order valence-corrected chi connectivity index (χ2v) is 5.02. The Hall–Kier alpha value is -2.15. The summed E-state index contributed by atoms with van der Waals surface area (Å²) in [6.07, 6.45) is 1.47. The molecule has 3 N–H and O–H groups in total. The summed E-state index contributed by atoms with van der Waals surface area (Å²) in [5, 5.41) is 11.4. The van der Waals surface area contributed by atoms with Gasteiger partial charge in [0, 0.05) is 16.4 Å². The molecule has 7 heteroatoms. The van der Waals surface area contributed by atoms with Crippen LogP contribution in [0.1, 0.15) is 16.1 Å². The summed E-state index contributed by atoms with van der Waals surface area (Å²) in [4.78, 5) is 23.3. The van der Waals surface area contributed by atoms with Gasteiger partial charge in [0.05, 0.1) is 6.54 Å². The predicted octanol–water partition coefficient (Wildman–Crippen LogP) is 1.85. The molecule has 0 bridgehead atoms. The lowest BCUT2D eigenvalue weighted by molar-refractivity contribution is -0.115. The molecule has 104 valence electrons. The average molecular weight is 337 g/mol. The van der Waals surface area contributed by atoms with Gasteiger partial charge in [0.2, 0.25) is 5.91 Å². The highest BCUT2D eigenvalue weighted by Crippen LogP contribution is 2.19. The largest absolute Gasteiger partial charge is 0.342 e. The molecular formula is C13H13BrN4O2. The Bertz CT molecular complexity index is 625. The summed E-state index contributed by atoms with van der Waals surface area (Å²) < 4.78 is 0.975. The zero-order chi connectivity index (χ0) is 14.5. The predicted molar refractivity (Wildman–Crippen MR) is 78.4 cm³/mol. The minimum atomic E-state index is -0.371. The number of benzene rings is 1. The Labute approximate surface area is 124 Å². The summed E-state index contributed by atoms with van der Waals surface area (Å²) >= 11 is 3.39. The number of anilines is 1. The van der Waals surface area contributed by atoms with E-state index in [0.717, 1.165) is 10.0 Å². The van der Waals surface area contributed by atoms with Crippen molar-refractivity contribution in [3.8, 4) is 0 Å². The summed E-state index contributed by atoms with van der Waals surface area (Å²) in [6, 6.07) is 7.02. The number of aromatic amines is 1. The molecule has 0 aliphatic heterocycles. The van der Waals surface area contributed by atoms with E-state index in [1.165, 1.54) is 12.3 Å². The van der Waals surface area contributed by atoms with Crippen LogP contribution >= 0.6 is 15.9 Å². The maximum Gasteiger partial charge on any atom is 0.269 e. The van der Waals surface area contributed by atoms with E-state index in [0.29, 0.717) is 11.4 Å². The van der Waals surface area contributed by atoms with E-state index in [2.05, 4.69) is 36.8 Å². The summed E-state index contributed by atoms with van der Waals surface area (Å²) in [6.45, 7) is 1.83. The number of rotatable bonds is 4. The van der Waals surface area contributed by atoms with E-state index in [1.807, 2.05) is 19.1 Å². The van der Waals surface area contributed by atoms with Crippen molar-refractivity contribution < 1.29 is 9.59 Å². The number of carbonyl (C=O) groups excluding carboxylic acids is 2.